The van der Waals surface area contributed by atoms with Crippen molar-refractivity contribution in [2.75, 3.05) is 26.3 Å². The monoisotopic (exact) mass is 574 g/mol. The summed E-state index contributed by atoms with van der Waals surface area (Å²) in [4.78, 5) is 8.53. The predicted octanol–water partition coefficient (Wildman–Crippen LogP) is 3.50. The summed E-state index contributed by atoms with van der Waals surface area (Å²) in [5.41, 5.74) is 0. The van der Waals surface area contributed by atoms with Gasteiger partial charge < -0.3 is 24.3 Å². The highest BCUT2D eigenvalue weighted by Gasteiger charge is 2.24. The van der Waals surface area contributed by atoms with E-state index in [1.54, 1.807) is 11.3 Å². The van der Waals surface area contributed by atoms with Gasteiger partial charge in [-0.1, -0.05) is 6.07 Å². The van der Waals surface area contributed by atoms with Crippen LogP contribution in [0.1, 0.15) is 48.6 Å². The van der Waals surface area contributed by atoms with Gasteiger partial charge >= 0.3 is 0 Å². The molecule has 2 aliphatic heterocycles. The molecule has 10 heteroatoms. The Morgan fingerprint density at radius 2 is 2.12 bits per heavy atom. The minimum atomic E-state index is 0. The van der Waals surface area contributed by atoms with Gasteiger partial charge in [-0.2, -0.15) is 0 Å². The van der Waals surface area contributed by atoms with Crippen molar-refractivity contribution in [3.8, 4) is 0 Å². The first-order chi connectivity index (χ1) is 15.2. The molecule has 2 aliphatic rings. The Morgan fingerprint density at radius 3 is 2.78 bits per heavy atom. The molecule has 178 valence electrons. The molecule has 0 amide bonds. The standard InChI is InChI=1S/C22H34N6O2S.HI/c1-17-25-26-21(27(17)2)15-24-22(23-14-20-7-5-13-31-20)28-10-8-18(9-11-28)30-16-19-6-3-4-12-29-19;/h5,7,13,18-19H,3-4,6,8-12,14-16H2,1-2H3,(H,23,24);1H. The summed E-state index contributed by atoms with van der Waals surface area (Å²) >= 11 is 1.76. The number of ether oxygens (including phenoxy) is 2. The number of hydrogen-bond donors (Lipinski definition) is 1. The first kappa shape index (κ1) is 25.4. The lowest BCUT2D eigenvalue weighted by Gasteiger charge is -2.35. The summed E-state index contributed by atoms with van der Waals surface area (Å²) in [6.07, 6.45) is 6.18. The zero-order chi connectivity index (χ0) is 21.5. The molecule has 0 saturated carbocycles. The number of aliphatic imine (C=N–C) groups is 1. The second kappa shape index (κ2) is 12.9. The largest absolute Gasteiger partial charge is 0.376 e. The molecule has 2 aromatic heterocycles. The van der Waals surface area contributed by atoms with Gasteiger partial charge in [0.25, 0.3) is 0 Å². The van der Waals surface area contributed by atoms with Crippen molar-refractivity contribution in [1.29, 1.82) is 0 Å². The third-order valence-electron chi connectivity index (χ3n) is 6.09. The van der Waals surface area contributed by atoms with Crippen LogP contribution in [0.25, 0.3) is 0 Å². The molecule has 1 unspecified atom stereocenters. The number of aryl methyl sites for hydroxylation is 1. The fourth-order valence-electron chi connectivity index (χ4n) is 4.00. The molecule has 32 heavy (non-hydrogen) atoms. The summed E-state index contributed by atoms with van der Waals surface area (Å²) < 4.78 is 14.0. The summed E-state index contributed by atoms with van der Waals surface area (Å²) in [6, 6.07) is 4.23. The number of rotatable bonds is 7. The molecule has 2 saturated heterocycles. The van der Waals surface area contributed by atoms with Crippen molar-refractivity contribution in [3.05, 3.63) is 34.0 Å². The molecule has 4 heterocycles. The number of likely N-dealkylation sites (tertiary alicyclic amines) is 1. The number of hydrogen-bond acceptors (Lipinski definition) is 6. The third-order valence-corrected chi connectivity index (χ3v) is 6.96. The first-order valence-corrected chi connectivity index (χ1v) is 12.2. The Morgan fingerprint density at radius 1 is 1.28 bits per heavy atom. The maximum absolute atomic E-state index is 6.19. The van der Waals surface area contributed by atoms with Gasteiger partial charge in [-0.25, -0.2) is 4.99 Å². The van der Waals surface area contributed by atoms with Crippen LogP contribution in [0.15, 0.2) is 22.5 Å². The zero-order valence-corrected chi connectivity index (χ0v) is 22.2. The van der Waals surface area contributed by atoms with Crippen LogP contribution in [-0.2, 0) is 29.6 Å². The number of guanidine groups is 1. The van der Waals surface area contributed by atoms with E-state index in [1.165, 1.54) is 17.7 Å². The Bertz CT molecular complexity index is 830. The molecule has 1 atom stereocenters. The second-order valence-electron chi connectivity index (χ2n) is 8.30. The smallest absolute Gasteiger partial charge is 0.194 e. The predicted molar refractivity (Wildman–Crippen MR) is 138 cm³/mol. The van der Waals surface area contributed by atoms with Crippen molar-refractivity contribution in [3.63, 3.8) is 0 Å². The van der Waals surface area contributed by atoms with Gasteiger partial charge in [0.05, 0.1) is 25.4 Å². The maximum Gasteiger partial charge on any atom is 0.194 e. The average Bonchev–Trinajstić information content (AvgIpc) is 3.44. The minimum absolute atomic E-state index is 0. The molecule has 0 radical (unpaired) electrons. The average molecular weight is 575 g/mol. The summed E-state index contributed by atoms with van der Waals surface area (Å²) in [7, 11) is 1.98. The quantitative estimate of drug-likeness (QED) is 0.310. The fraction of sp³-hybridized carbons (Fsp3) is 0.682. The Balaban J connectivity index is 0.00000289. The summed E-state index contributed by atoms with van der Waals surface area (Å²) in [5.74, 6) is 2.71. The van der Waals surface area contributed by atoms with Crippen molar-refractivity contribution in [2.45, 2.75) is 64.3 Å². The number of aromatic nitrogens is 3. The van der Waals surface area contributed by atoms with Crippen LogP contribution in [0, 0.1) is 6.92 Å². The van der Waals surface area contributed by atoms with Gasteiger partial charge in [-0.15, -0.1) is 45.5 Å². The van der Waals surface area contributed by atoms with Crippen LogP contribution in [0.4, 0.5) is 0 Å². The maximum atomic E-state index is 6.19. The number of nitrogens with zero attached hydrogens (tertiary/aromatic N) is 5. The van der Waals surface area contributed by atoms with Crippen LogP contribution in [0.5, 0.6) is 0 Å². The van der Waals surface area contributed by atoms with Crippen LogP contribution in [0.2, 0.25) is 0 Å². The molecule has 1 N–H and O–H groups in total. The Labute approximate surface area is 211 Å². The summed E-state index contributed by atoms with van der Waals surface area (Å²) in [6.45, 7) is 6.73. The van der Waals surface area contributed by atoms with E-state index in [-0.39, 0.29) is 30.1 Å². The number of piperidine rings is 1. The van der Waals surface area contributed by atoms with Crippen molar-refractivity contribution in [2.24, 2.45) is 12.0 Å². The highest BCUT2D eigenvalue weighted by Crippen LogP contribution is 2.18. The van der Waals surface area contributed by atoms with Gasteiger partial charge in [0.2, 0.25) is 0 Å². The van der Waals surface area contributed by atoms with Crippen molar-refractivity contribution >= 4 is 41.3 Å². The lowest BCUT2D eigenvalue weighted by Crippen LogP contribution is -2.47. The van der Waals surface area contributed by atoms with E-state index in [4.69, 9.17) is 14.5 Å². The van der Waals surface area contributed by atoms with Crippen LogP contribution < -0.4 is 5.32 Å². The fourth-order valence-corrected chi connectivity index (χ4v) is 4.64. The molecular formula is C22H35IN6O2S. The van der Waals surface area contributed by atoms with E-state index in [9.17, 15) is 0 Å². The van der Waals surface area contributed by atoms with E-state index < -0.39 is 0 Å². The van der Waals surface area contributed by atoms with Crippen LogP contribution >= 0.6 is 35.3 Å². The van der Waals surface area contributed by atoms with Crippen LogP contribution in [-0.4, -0.2) is 64.1 Å². The third kappa shape index (κ3) is 7.13. The lowest BCUT2D eigenvalue weighted by molar-refractivity contribution is -0.0721. The van der Waals surface area contributed by atoms with Crippen LogP contribution in [0.3, 0.4) is 0 Å². The minimum Gasteiger partial charge on any atom is -0.376 e. The molecule has 4 rings (SSSR count). The van der Waals surface area contributed by atoms with E-state index in [2.05, 4.69) is 37.9 Å². The molecule has 0 spiro atoms. The van der Waals surface area contributed by atoms with Crippen molar-refractivity contribution in [1.82, 2.24) is 25.0 Å². The second-order valence-corrected chi connectivity index (χ2v) is 9.34. The molecule has 0 aliphatic carbocycles. The van der Waals surface area contributed by atoms with Gasteiger partial charge in [0.1, 0.15) is 12.4 Å². The Hall–Kier alpha value is -1.24. The lowest BCUT2D eigenvalue weighted by atomic mass is 10.1. The van der Waals surface area contributed by atoms with Gasteiger partial charge in [-0.05, 0) is 50.5 Å². The zero-order valence-electron chi connectivity index (χ0n) is 19.0. The SMILES string of the molecule is Cc1nnc(CN=C(NCc2cccs2)N2CCC(OCC3CCCCO3)CC2)n1C.I. The molecule has 0 bridgehead atoms. The molecule has 2 aromatic rings. The van der Waals surface area contributed by atoms with Crippen molar-refractivity contribution < 1.29 is 9.47 Å². The van der Waals surface area contributed by atoms with Gasteiger partial charge in [0.15, 0.2) is 11.8 Å². The molecular weight excluding hydrogens is 539 g/mol. The summed E-state index contributed by atoms with van der Waals surface area (Å²) in [5, 5.41) is 14.1. The first-order valence-electron chi connectivity index (χ1n) is 11.3. The van der Waals surface area contributed by atoms with Gasteiger partial charge in [-0.3, -0.25) is 0 Å². The highest BCUT2D eigenvalue weighted by molar-refractivity contribution is 14.0. The number of nitrogens with one attached hydrogen (secondary N) is 1. The normalized spacial score (nSPS) is 20.2. The van der Waals surface area contributed by atoms with E-state index in [1.807, 2.05) is 18.5 Å². The number of halogens is 1. The van der Waals surface area contributed by atoms with E-state index in [0.717, 1.165) is 69.7 Å². The van der Waals surface area contributed by atoms with E-state index in [0.29, 0.717) is 12.6 Å². The number of thiophene rings is 1. The molecule has 0 aromatic carbocycles. The van der Waals surface area contributed by atoms with Gasteiger partial charge in [0, 0.05) is 31.6 Å². The molecule has 8 nitrogen and oxygen atoms in total. The van der Waals surface area contributed by atoms with E-state index >= 15 is 0 Å². The molecule has 2 fully saturated rings. The Kier molecular flexibility index (Phi) is 10.2. The highest BCUT2D eigenvalue weighted by atomic mass is 127. The topological polar surface area (TPSA) is 76.8 Å².